The fraction of sp³-hybridized carbons (Fsp3) is 0.435. The second-order valence-electron chi connectivity index (χ2n) is 9.16. The van der Waals surface area contributed by atoms with Crippen molar-refractivity contribution in [3.8, 4) is 0 Å². The highest BCUT2D eigenvalue weighted by Gasteiger charge is 2.58. The van der Waals surface area contributed by atoms with Crippen LogP contribution in [0.2, 0.25) is 0 Å². The molecule has 0 saturated carbocycles. The molecule has 0 amide bonds. The first-order valence-electron chi connectivity index (χ1n) is 10.7. The Hall–Kier alpha value is -2.69. The first-order chi connectivity index (χ1) is 15.6. The Kier molecular flexibility index (Phi) is 5.15. The Labute approximate surface area is 193 Å². The van der Waals surface area contributed by atoms with Gasteiger partial charge in [-0.3, -0.25) is 4.79 Å². The highest BCUT2D eigenvalue weighted by atomic mass is 32.1. The summed E-state index contributed by atoms with van der Waals surface area (Å²) in [5, 5.41) is 30.7. The van der Waals surface area contributed by atoms with Crippen molar-refractivity contribution in [1.82, 2.24) is 15.1 Å². The summed E-state index contributed by atoms with van der Waals surface area (Å²) in [6, 6.07) is 3.33. The van der Waals surface area contributed by atoms with E-state index in [0.29, 0.717) is 23.2 Å². The summed E-state index contributed by atoms with van der Waals surface area (Å²) in [4.78, 5) is 14.7. The molecule has 0 bridgehead atoms. The molecule has 3 aliphatic rings. The number of ether oxygens (including phenoxy) is 1. The zero-order chi connectivity index (χ0) is 23.5. The molecule has 3 aliphatic heterocycles. The quantitative estimate of drug-likeness (QED) is 0.703. The summed E-state index contributed by atoms with van der Waals surface area (Å²) >= 11 is 1.12. The monoisotopic (exact) mass is 475 g/mol. The third kappa shape index (κ3) is 3.39. The van der Waals surface area contributed by atoms with E-state index < -0.39 is 34.5 Å². The van der Waals surface area contributed by atoms with Crippen molar-refractivity contribution >= 4 is 22.7 Å². The SMILES string of the molecule is CC1(C)C(O)=C2C(=O)C(O)C(c3nnc(Cc4ccc(F)cc4F)s3)=CN2CC12CCCO2. The number of carbonyl (C=O) groups excluding carboxylic acids is 1. The van der Waals surface area contributed by atoms with E-state index in [1.807, 2.05) is 13.8 Å². The van der Waals surface area contributed by atoms with Gasteiger partial charge in [-0.05, 0) is 38.3 Å². The summed E-state index contributed by atoms with van der Waals surface area (Å²) in [6.45, 7) is 4.63. The second kappa shape index (κ2) is 7.68. The largest absolute Gasteiger partial charge is 0.509 e. The predicted molar refractivity (Wildman–Crippen MR) is 116 cm³/mol. The molecule has 2 aromatic rings. The highest BCUT2D eigenvalue weighted by molar-refractivity contribution is 7.12. The molecular formula is C23H23F2N3O4S. The van der Waals surface area contributed by atoms with Crippen LogP contribution in [0.15, 0.2) is 35.9 Å². The van der Waals surface area contributed by atoms with E-state index in [-0.39, 0.29) is 29.0 Å². The minimum Gasteiger partial charge on any atom is -0.509 e. The third-order valence-corrected chi connectivity index (χ3v) is 7.89. The fourth-order valence-corrected chi connectivity index (χ4v) is 5.73. The van der Waals surface area contributed by atoms with Gasteiger partial charge >= 0.3 is 0 Å². The standard InChI is InChI=1S/C23H23F2N3O4S/c1-22(2)20(31)17-19(30)18(29)14(10-28(17)11-23(22)6-3-7-32-23)21-27-26-16(33-21)8-12-4-5-13(24)9-15(12)25/h4-5,9-10,18,29,31H,3,6-8,11H2,1-2H3. The van der Waals surface area contributed by atoms with Gasteiger partial charge in [-0.2, -0.15) is 0 Å². The molecule has 1 spiro atoms. The molecule has 174 valence electrons. The lowest BCUT2D eigenvalue weighted by atomic mass is 9.67. The number of aromatic nitrogens is 2. The molecule has 1 fully saturated rings. The minimum atomic E-state index is -1.52. The maximum Gasteiger partial charge on any atom is 0.215 e. The number of rotatable bonds is 3. The van der Waals surface area contributed by atoms with Gasteiger partial charge in [0, 0.05) is 30.9 Å². The van der Waals surface area contributed by atoms with Crippen molar-refractivity contribution in [3.05, 3.63) is 63.1 Å². The maximum atomic E-state index is 14.0. The van der Waals surface area contributed by atoms with E-state index in [1.165, 1.54) is 12.1 Å². The van der Waals surface area contributed by atoms with Gasteiger partial charge in [-0.15, -0.1) is 10.2 Å². The Balaban J connectivity index is 1.49. The Morgan fingerprint density at radius 3 is 2.79 bits per heavy atom. The molecule has 4 heterocycles. The van der Waals surface area contributed by atoms with E-state index >= 15 is 0 Å². The number of nitrogens with zero attached hydrogens (tertiary/aromatic N) is 3. The Morgan fingerprint density at radius 1 is 1.30 bits per heavy atom. The number of hydrogen-bond acceptors (Lipinski definition) is 8. The van der Waals surface area contributed by atoms with Gasteiger partial charge in [0.1, 0.15) is 39.2 Å². The molecule has 33 heavy (non-hydrogen) atoms. The molecule has 1 aromatic heterocycles. The van der Waals surface area contributed by atoms with Crippen LogP contribution in [-0.2, 0) is 16.0 Å². The first kappa shape index (κ1) is 22.1. The molecule has 5 rings (SSSR count). The lowest BCUT2D eigenvalue weighted by Gasteiger charge is -2.51. The minimum absolute atomic E-state index is 0.0653. The van der Waals surface area contributed by atoms with Gasteiger partial charge in [0.05, 0.1) is 17.6 Å². The highest BCUT2D eigenvalue weighted by Crippen LogP contribution is 2.52. The number of benzene rings is 1. The van der Waals surface area contributed by atoms with Crippen molar-refractivity contribution in [2.24, 2.45) is 5.41 Å². The van der Waals surface area contributed by atoms with Crippen LogP contribution in [0.1, 0.15) is 42.3 Å². The molecule has 0 aliphatic carbocycles. The van der Waals surface area contributed by atoms with Crippen molar-refractivity contribution in [1.29, 1.82) is 0 Å². The number of ketones is 1. The molecule has 1 aromatic carbocycles. The molecule has 1 saturated heterocycles. The normalized spacial score (nSPS) is 26.7. The van der Waals surface area contributed by atoms with Crippen LogP contribution in [0, 0.1) is 17.0 Å². The van der Waals surface area contributed by atoms with Crippen LogP contribution in [0.25, 0.3) is 5.57 Å². The number of hydrogen-bond donors (Lipinski definition) is 2. The Morgan fingerprint density at radius 2 is 2.09 bits per heavy atom. The van der Waals surface area contributed by atoms with Crippen LogP contribution >= 0.6 is 11.3 Å². The number of Topliss-reactive ketones (excluding diaryl/α,β-unsaturated/α-hetero) is 1. The van der Waals surface area contributed by atoms with Crippen LogP contribution in [0.5, 0.6) is 0 Å². The average molecular weight is 476 g/mol. The molecule has 2 unspecified atom stereocenters. The van der Waals surface area contributed by atoms with Crippen LogP contribution < -0.4 is 0 Å². The van der Waals surface area contributed by atoms with Gasteiger partial charge in [0.25, 0.3) is 0 Å². The van der Waals surface area contributed by atoms with E-state index in [0.717, 1.165) is 30.2 Å². The van der Waals surface area contributed by atoms with E-state index in [2.05, 4.69) is 10.2 Å². The van der Waals surface area contributed by atoms with E-state index in [4.69, 9.17) is 4.74 Å². The first-order valence-corrected chi connectivity index (χ1v) is 11.5. The molecule has 2 atom stereocenters. The van der Waals surface area contributed by atoms with Gasteiger partial charge in [-0.1, -0.05) is 17.4 Å². The lowest BCUT2D eigenvalue weighted by Crippen LogP contribution is -2.58. The third-order valence-electron chi connectivity index (χ3n) is 6.91. The van der Waals surface area contributed by atoms with Gasteiger partial charge in [0.15, 0.2) is 0 Å². The Bertz CT molecular complexity index is 1200. The topological polar surface area (TPSA) is 95.8 Å². The lowest BCUT2D eigenvalue weighted by molar-refractivity contribution is -0.130. The average Bonchev–Trinajstić information content (AvgIpc) is 3.42. The predicted octanol–water partition coefficient (Wildman–Crippen LogP) is 3.35. The number of carbonyl (C=O) groups is 1. The van der Waals surface area contributed by atoms with Crippen LogP contribution in [-0.4, -0.2) is 56.0 Å². The zero-order valence-electron chi connectivity index (χ0n) is 18.1. The van der Waals surface area contributed by atoms with Crippen LogP contribution in [0.4, 0.5) is 8.78 Å². The molecule has 0 radical (unpaired) electrons. The zero-order valence-corrected chi connectivity index (χ0v) is 19.0. The molecular weight excluding hydrogens is 452 g/mol. The molecule has 7 nitrogen and oxygen atoms in total. The summed E-state index contributed by atoms with van der Waals surface area (Å²) in [5.41, 5.74) is -0.854. The number of fused-ring (bicyclic) bond motifs is 1. The summed E-state index contributed by atoms with van der Waals surface area (Å²) in [5.74, 6) is -2.06. The maximum absolute atomic E-state index is 14.0. The smallest absolute Gasteiger partial charge is 0.215 e. The second-order valence-corrected chi connectivity index (χ2v) is 10.2. The number of aliphatic hydroxyl groups is 2. The summed E-state index contributed by atoms with van der Waals surface area (Å²) in [6.07, 6.45) is 1.78. The molecule has 10 heteroatoms. The summed E-state index contributed by atoms with van der Waals surface area (Å²) in [7, 11) is 0. The van der Waals surface area contributed by atoms with E-state index in [9.17, 15) is 23.8 Å². The van der Waals surface area contributed by atoms with Crippen molar-refractivity contribution in [2.45, 2.75) is 44.8 Å². The van der Waals surface area contributed by atoms with Gasteiger partial charge in [-0.25, -0.2) is 8.78 Å². The molecule has 2 N–H and O–H groups in total. The number of halogens is 2. The van der Waals surface area contributed by atoms with Crippen molar-refractivity contribution in [3.63, 3.8) is 0 Å². The van der Waals surface area contributed by atoms with Crippen LogP contribution in [0.3, 0.4) is 0 Å². The van der Waals surface area contributed by atoms with Gasteiger partial charge < -0.3 is 19.8 Å². The fourth-order valence-electron chi connectivity index (χ4n) is 4.83. The van der Waals surface area contributed by atoms with E-state index in [1.54, 1.807) is 11.1 Å². The van der Waals surface area contributed by atoms with Crippen molar-refractivity contribution < 1.29 is 28.5 Å². The van der Waals surface area contributed by atoms with Crippen molar-refractivity contribution in [2.75, 3.05) is 13.2 Å². The number of aliphatic hydroxyl groups excluding tert-OH is 2. The van der Waals surface area contributed by atoms with Gasteiger partial charge in [0.2, 0.25) is 5.78 Å². The summed E-state index contributed by atoms with van der Waals surface area (Å²) < 4.78 is 33.3.